The molecule has 0 spiro atoms. The molecule has 39 heavy (non-hydrogen) atoms. The highest BCUT2D eigenvalue weighted by Crippen LogP contribution is 2.51. The van der Waals surface area contributed by atoms with Crippen LogP contribution in [0.5, 0.6) is 5.75 Å². The first kappa shape index (κ1) is 28.1. The predicted octanol–water partition coefficient (Wildman–Crippen LogP) is 7.43. The molecule has 4 atom stereocenters. The van der Waals surface area contributed by atoms with Crippen LogP contribution in [0, 0.1) is 17.8 Å². The standard InChI is InChI=1S/C32H36BBrO5/c1-3-7-19(15-21-16-22(34)12-13-27(21)35)11-14-28-29-20(8-4-2)17-25-30(26(29)18-33(38)39-28)32(37)24-10-6-5-9-23(24)31(25)36/h5-6,9-10,12-13,15-16,25-26,28,30,35,38H,3-4,7-8,11,14,17-18H2,1-2H3/b19-15+/t25-,26+,28-,30-/m1/s1. The van der Waals surface area contributed by atoms with Gasteiger partial charge in [-0.15, -0.1) is 0 Å². The molecule has 1 fully saturated rings. The molecule has 0 amide bonds. The van der Waals surface area contributed by atoms with Crippen molar-refractivity contribution in [1.82, 2.24) is 0 Å². The Bertz CT molecular complexity index is 1330. The van der Waals surface area contributed by atoms with Gasteiger partial charge >= 0.3 is 7.12 Å². The van der Waals surface area contributed by atoms with Crippen molar-refractivity contribution in [2.45, 2.75) is 71.2 Å². The molecule has 5 rings (SSSR count). The van der Waals surface area contributed by atoms with Crippen molar-refractivity contribution in [1.29, 1.82) is 0 Å². The maximum atomic E-state index is 13.8. The van der Waals surface area contributed by atoms with Crippen LogP contribution in [0.4, 0.5) is 0 Å². The summed E-state index contributed by atoms with van der Waals surface area (Å²) in [7, 11) is -0.974. The zero-order valence-electron chi connectivity index (χ0n) is 22.7. The summed E-state index contributed by atoms with van der Waals surface area (Å²) in [4.78, 5) is 27.4. The number of ketones is 2. The van der Waals surface area contributed by atoms with Gasteiger partial charge in [-0.3, -0.25) is 9.59 Å². The molecule has 1 heterocycles. The number of hydrogen-bond donors (Lipinski definition) is 2. The molecule has 2 N–H and O–H groups in total. The zero-order valence-corrected chi connectivity index (χ0v) is 24.2. The lowest BCUT2D eigenvalue weighted by molar-refractivity contribution is 0.0598. The number of benzene rings is 2. The van der Waals surface area contributed by atoms with Crippen LogP contribution in [-0.2, 0) is 4.65 Å². The second-order valence-electron chi connectivity index (χ2n) is 11.1. The summed E-state index contributed by atoms with van der Waals surface area (Å²) in [5.41, 5.74) is 5.40. The Balaban J connectivity index is 1.48. The number of hydrogen-bond acceptors (Lipinski definition) is 5. The van der Waals surface area contributed by atoms with Crippen LogP contribution in [0.2, 0.25) is 6.32 Å². The summed E-state index contributed by atoms with van der Waals surface area (Å²) in [6, 6.07) is 12.6. The molecule has 1 aliphatic heterocycles. The summed E-state index contributed by atoms with van der Waals surface area (Å²) >= 11 is 3.49. The fourth-order valence-electron chi connectivity index (χ4n) is 6.97. The van der Waals surface area contributed by atoms with Gasteiger partial charge in [-0.2, -0.15) is 0 Å². The molecule has 1 saturated heterocycles. The lowest BCUT2D eigenvalue weighted by atomic mass is 9.54. The number of aromatic hydroxyl groups is 1. The summed E-state index contributed by atoms with van der Waals surface area (Å²) in [5.74, 6) is -0.697. The van der Waals surface area contributed by atoms with Gasteiger partial charge in [0.1, 0.15) is 5.75 Å². The molecule has 2 aromatic rings. The van der Waals surface area contributed by atoms with E-state index in [1.54, 1.807) is 18.2 Å². The van der Waals surface area contributed by atoms with Gasteiger partial charge in [-0.1, -0.05) is 84.1 Å². The van der Waals surface area contributed by atoms with E-state index < -0.39 is 13.0 Å². The normalized spacial score (nSPS) is 24.9. The first-order chi connectivity index (χ1) is 18.8. The molecule has 7 heteroatoms. The molecule has 2 aliphatic carbocycles. The topological polar surface area (TPSA) is 83.8 Å². The van der Waals surface area contributed by atoms with E-state index in [-0.39, 0.29) is 35.3 Å². The minimum absolute atomic E-state index is 0.0257. The third-order valence-electron chi connectivity index (χ3n) is 8.56. The van der Waals surface area contributed by atoms with E-state index in [9.17, 15) is 19.7 Å². The van der Waals surface area contributed by atoms with Gasteiger partial charge in [0.05, 0.1) is 6.10 Å². The average molecular weight is 591 g/mol. The first-order valence-electron chi connectivity index (χ1n) is 14.2. The van der Waals surface area contributed by atoms with E-state index in [1.807, 2.05) is 24.3 Å². The van der Waals surface area contributed by atoms with E-state index in [0.29, 0.717) is 30.3 Å². The predicted molar refractivity (Wildman–Crippen MR) is 158 cm³/mol. The Morgan fingerprint density at radius 2 is 1.79 bits per heavy atom. The second-order valence-corrected chi connectivity index (χ2v) is 12.1. The Kier molecular flexibility index (Phi) is 8.60. The van der Waals surface area contributed by atoms with Crippen LogP contribution in [0.1, 0.15) is 85.1 Å². The van der Waals surface area contributed by atoms with Gasteiger partial charge in [0.2, 0.25) is 0 Å². The summed E-state index contributed by atoms with van der Waals surface area (Å²) in [6.07, 6.45) is 7.76. The van der Waals surface area contributed by atoms with Gasteiger partial charge in [0.15, 0.2) is 11.6 Å². The molecule has 3 aliphatic rings. The molecule has 5 nitrogen and oxygen atoms in total. The van der Waals surface area contributed by atoms with Crippen molar-refractivity contribution in [3.8, 4) is 5.75 Å². The van der Waals surface area contributed by atoms with E-state index in [0.717, 1.165) is 47.7 Å². The molecule has 0 saturated carbocycles. The summed E-state index contributed by atoms with van der Waals surface area (Å²) in [6.45, 7) is 4.27. The Morgan fingerprint density at radius 3 is 2.51 bits per heavy atom. The number of phenols is 1. The molecule has 0 radical (unpaired) electrons. The summed E-state index contributed by atoms with van der Waals surface area (Å²) in [5, 5.41) is 21.2. The minimum Gasteiger partial charge on any atom is -0.507 e. The highest BCUT2D eigenvalue weighted by Gasteiger charge is 2.53. The van der Waals surface area contributed by atoms with Gasteiger partial charge in [-0.25, -0.2) is 0 Å². The highest BCUT2D eigenvalue weighted by atomic mass is 79.9. The van der Waals surface area contributed by atoms with Gasteiger partial charge < -0.3 is 14.8 Å². The number of phenolic OH excluding ortho intramolecular Hbond substituents is 1. The quantitative estimate of drug-likeness (QED) is 0.247. The van der Waals surface area contributed by atoms with Crippen molar-refractivity contribution >= 4 is 40.7 Å². The average Bonchev–Trinajstić information content (AvgIpc) is 2.92. The van der Waals surface area contributed by atoms with Crippen LogP contribution in [-0.4, -0.2) is 34.9 Å². The fourth-order valence-corrected chi connectivity index (χ4v) is 7.35. The molecule has 0 unspecified atom stereocenters. The maximum Gasteiger partial charge on any atom is 0.455 e. The number of Topliss-reactive ketones (excluding diaryl/α,β-unsaturated/α-hetero) is 2. The number of fused-ring (bicyclic) bond motifs is 4. The van der Waals surface area contributed by atoms with Crippen LogP contribution >= 0.6 is 15.9 Å². The maximum absolute atomic E-state index is 13.8. The van der Waals surface area contributed by atoms with E-state index >= 15 is 0 Å². The number of carbonyl (C=O) groups is 2. The first-order valence-corrected chi connectivity index (χ1v) is 15.0. The second kappa shape index (κ2) is 12.0. The highest BCUT2D eigenvalue weighted by molar-refractivity contribution is 9.10. The zero-order chi connectivity index (χ0) is 27.7. The van der Waals surface area contributed by atoms with E-state index in [2.05, 4.69) is 35.9 Å². The van der Waals surface area contributed by atoms with E-state index in [4.69, 9.17) is 4.65 Å². The van der Waals surface area contributed by atoms with E-state index in [1.165, 1.54) is 11.1 Å². The van der Waals surface area contributed by atoms with Gasteiger partial charge in [0, 0.05) is 33.0 Å². The smallest absolute Gasteiger partial charge is 0.455 e. The monoisotopic (exact) mass is 590 g/mol. The molecular formula is C32H36BBrO5. The molecule has 0 bridgehead atoms. The van der Waals surface area contributed by atoms with Crippen LogP contribution in [0.3, 0.4) is 0 Å². The summed E-state index contributed by atoms with van der Waals surface area (Å²) < 4.78 is 7.09. The number of halogens is 1. The molecule has 204 valence electrons. The number of carbonyl (C=O) groups excluding carboxylic acids is 2. The molecule has 2 aromatic carbocycles. The SMILES string of the molecule is CCCC1=C2[C@@H](CC/C(=C/c3cc(Br)ccc3O)CCC)OB(O)C[C@@H]2[C@@H]2C(=O)c3ccccc3C(=O)[C@@H]2C1. The number of allylic oxidation sites excluding steroid dienone is 2. The number of rotatable bonds is 8. The Hall–Kier alpha value is -2.48. The minimum atomic E-state index is -0.974. The van der Waals surface area contributed by atoms with Crippen LogP contribution < -0.4 is 0 Å². The third kappa shape index (κ3) is 5.59. The Morgan fingerprint density at radius 1 is 1.05 bits per heavy atom. The molecule has 0 aromatic heterocycles. The fraction of sp³-hybridized carbons (Fsp3) is 0.438. The third-order valence-corrected chi connectivity index (χ3v) is 9.06. The van der Waals surface area contributed by atoms with Crippen molar-refractivity contribution in [3.63, 3.8) is 0 Å². The molecular weight excluding hydrogens is 555 g/mol. The van der Waals surface area contributed by atoms with Gasteiger partial charge in [-0.05, 0) is 68.1 Å². The van der Waals surface area contributed by atoms with Crippen molar-refractivity contribution in [2.24, 2.45) is 17.8 Å². The van der Waals surface area contributed by atoms with Crippen molar-refractivity contribution in [2.75, 3.05) is 0 Å². The Labute approximate surface area is 239 Å². The largest absolute Gasteiger partial charge is 0.507 e. The van der Waals surface area contributed by atoms with Gasteiger partial charge in [0.25, 0.3) is 0 Å². The van der Waals surface area contributed by atoms with Crippen LogP contribution in [0.25, 0.3) is 6.08 Å². The van der Waals surface area contributed by atoms with Crippen molar-refractivity contribution < 1.29 is 24.4 Å². The van der Waals surface area contributed by atoms with Crippen LogP contribution in [0.15, 0.2) is 63.7 Å². The lowest BCUT2D eigenvalue weighted by Crippen LogP contribution is -2.50. The lowest BCUT2D eigenvalue weighted by Gasteiger charge is -2.47. The van der Waals surface area contributed by atoms with Crippen molar-refractivity contribution in [3.05, 3.63) is 80.3 Å².